The number of aryl methyl sites for hydroxylation is 2. The first-order chi connectivity index (χ1) is 24.0. The van der Waals surface area contributed by atoms with E-state index >= 15 is 0 Å². The fourth-order valence-corrected chi connectivity index (χ4v) is 6.70. The Bertz CT molecular complexity index is 1600. The molecule has 0 atom stereocenters. The number of primary amides is 1. The molecule has 2 aromatic rings. The van der Waals surface area contributed by atoms with Crippen molar-refractivity contribution in [1.29, 1.82) is 0 Å². The van der Waals surface area contributed by atoms with E-state index in [0.717, 1.165) is 49.7 Å². The van der Waals surface area contributed by atoms with Crippen molar-refractivity contribution in [3.8, 4) is 0 Å². The number of piperidine rings is 2. The van der Waals surface area contributed by atoms with Crippen molar-refractivity contribution in [2.75, 3.05) is 26.7 Å². The lowest BCUT2D eigenvalue weighted by molar-refractivity contribution is -0.170. The summed E-state index contributed by atoms with van der Waals surface area (Å²) in [6.45, 7) is 1.51. The van der Waals surface area contributed by atoms with Crippen LogP contribution in [0.1, 0.15) is 79.3 Å². The largest absolute Gasteiger partial charge is 0.481 e. The van der Waals surface area contributed by atoms with Crippen LogP contribution in [0.2, 0.25) is 10.0 Å². The molecular formula is C35H44Cl2N4O10. The first-order valence-electron chi connectivity index (χ1n) is 16.5. The van der Waals surface area contributed by atoms with Crippen LogP contribution in [-0.2, 0) is 36.8 Å². The van der Waals surface area contributed by atoms with Gasteiger partial charge in [-0.25, -0.2) is 9.80 Å². The number of carbonyl (C=O) groups is 6. The maximum absolute atomic E-state index is 13.5. The number of likely N-dealkylation sites (tertiary alicyclic amines) is 1. The monoisotopic (exact) mass is 750 g/mol. The van der Waals surface area contributed by atoms with E-state index < -0.39 is 47.8 Å². The van der Waals surface area contributed by atoms with Gasteiger partial charge in [-0.15, -0.1) is 0 Å². The second kappa shape index (κ2) is 18.3. The lowest BCUT2D eigenvalue weighted by Crippen LogP contribution is -2.66. The van der Waals surface area contributed by atoms with Gasteiger partial charge >= 0.3 is 17.9 Å². The van der Waals surface area contributed by atoms with Crippen LogP contribution in [0.25, 0.3) is 0 Å². The number of hydrazine groups is 1. The van der Waals surface area contributed by atoms with Crippen molar-refractivity contribution in [2.45, 2.75) is 81.8 Å². The Morgan fingerprint density at radius 1 is 0.882 bits per heavy atom. The molecule has 0 unspecified atom stereocenters. The lowest BCUT2D eigenvalue weighted by Gasteiger charge is -2.49. The molecule has 2 heterocycles. The molecule has 0 spiro atoms. The number of hydrogen-bond acceptors (Lipinski definition) is 8. The van der Waals surface area contributed by atoms with Gasteiger partial charge in [-0.3, -0.25) is 29.0 Å². The molecule has 51 heavy (non-hydrogen) atoms. The molecule has 0 aromatic heterocycles. The first kappa shape index (κ1) is 41.2. The molecule has 6 N–H and O–H groups in total. The van der Waals surface area contributed by atoms with E-state index in [4.69, 9.17) is 49.4 Å². The van der Waals surface area contributed by atoms with Crippen LogP contribution in [0.4, 0.5) is 0 Å². The summed E-state index contributed by atoms with van der Waals surface area (Å²) >= 11 is 12.1. The minimum absolute atomic E-state index is 0.000943. The highest BCUT2D eigenvalue weighted by Crippen LogP contribution is 2.33. The molecule has 2 saturated heterocycles. The third-order valence-electron chi connectivity index (χ3n) is 9.26. The van der Waals surface area contributed by atoms with Crippen molar-refractivity contribution in [3.05, 3.63) is 69.2 Å². The highest BCUT2D eigenvalue weighted by atomic mass is 35.5. The molecule has 16 heteroatoms. The molecule has 0 radical (unpaired) electrons. The number of aliphatic carboxylic acids is 3. The average molecular weight is 752 g/mol. The zero-order chi connectivity index (χ0) is 37.9. The number of nitrogens with zero attached hydrogens (tertiary/aromatic N) is 3. The summed E-state index contributed by atoms with van der Waals surface area (Å²) in [5.74, 6) is -5.55. The third-order valence-corrected chi connectivity index (χ3v) is 10.0. The smallest absolute Gasteiger partial charge is 0.336 e. The summed E-state index contributed by atoms with van der Waals surface area (Å²) in [6, 6.07) is 13.4. The van der Waals surface area contributed by atoms with Crippen molar-refractivity contribution in [3.63, 3.8) is 0 Å². The van der Waals surface area contributed by atoms with Crippen LogP contribution in [-0.4, -0.2) is 109 Å². The number of carbonyl (C=O) groups excluding carboxylic acids is 3. The number of benzene rings is 2. The van der Waals surface area contributed by atoms with Crippen LogP contribution >= 0.6 is 23.2 Å². The van der Waals surface area contributed by atoms with Crippen LogP contribution < -0.4 is 5.73 Å². The highest BCUT2D eigenvalue weighted by molar-refractivity contribution is 6.42. The number of aliphatic hydroxyl groups is 1. The highest BCUT2D eigenvalue weighted by Gasteiger charge is 2.48. The maximum atomic E-state index is 13.5. The quantitative estimate of drug-likeness (QED) is 0.176. The van der Waals surface area contributed by atoms with Crippen molar-refractivity contribution >= 4 is 58.8 Å². The fraction of sp³-hybridized carbons (Fsp3) is 0.486. The summed E-state index contributed by atoms with van der Waals surface area (Å²) in [5.41, 5.74) is 4.99. The number of carboxylic acids is 3. The van der Waals surface area contributed by atoms with E-state index in [1.165, 1.54) is 0 Å². The van der Waals surface area contributed by atoms with Gasteiger partial charge in [0.15, 0.2) is 5.60 Å². The van der Waals surface area contributed by atoms with E-state index in [-0.39, 0.29) is 11.8 Å². The van der Waals surface area contributed by atoms with E-state index in [1.807, 2.05) is 47.5 Å². The first-order valence-corrected chi connectivity index (χ1v) is 17.3. The maximum Gasteiger partial charge on any atom is 0.336 e. The van der Waals surface area contributed by atoms with E-state index in [0.29, 0.717) is 54.5 Å². The Kier molecular flexibility index (Phi) is 14.8. The molecule has 14 nitrogen and oxygen atoms in total. The Balaban J connectivity index is 0.000000460. The second-order valence-electron chi connectivity index (χ2n) is 12.8. The number of unbranched alkanes of at least 4 members (excludes halogenated alkanes) is 1. The molecule has 0 aliphatic carbocycles. The van der Waals surface area contributed by atoms with E-state index in [1.54, 1.807) is 17.0 Å². The summed E-state index contributed by atoms with van der Waals surface area (Å²) in [4.78, 5) is 70.9. The molecule has 2 aliphatic rings. The van der Waals surface area contributed by atoms with Crippen molar-refractivity contribution in [1.82, 2.24) is 14.9 Å². The summed E-state index contributed by atoms with van der Waals surface area (Å²) in [6.07, 6.45) is 4.32. The molecule has 0 saturated carbocycles. The number of nitrogens with two attached hydrogens (primary N) is 1. The van der Waals surface area contributed by atoms with Gasteiger partial charge in [-0.1, -0.05) is 47.5 Å². The topological polar surface area (TPSA) is 219 Å². The molecule has 2 aromatic carbocycles. The minimum atomic E-state index is -2.74. The number of hydrogen-bond donors (Lipinski definition) is 5. The van der Waals surface area contributed by atoms with Crippen molar-refractivity contribution < 1.29 is 49.2 Å². The number of rotatable bonds is 14. The second-order valence-corrected chi connectivity index (χ2v) is 13.6. The van der Waals surface area contributed by atoms with Crippen LogP contribution in [0.5, 0.6) is 0 Å². The number of halogens is 2. The van der Waals surface area contributed by atoms with Gasteiger partial charge in [0.2, 0.25) is 11.8 Å². The third kappa shape index (κ3) is 10.9. The average Bonchev–Trinajstić information content (AvgIpc) is 3.07. The van der Waals surface area contributed by atoms with Crippen LogP contribution in [0.15, 0.2) is 42.5 Å². The number of amides is 3. The molecular weight excluding hydrogens is 707 g/mol. The Morgan fingerprint density at radius 2 is 1.49 bits per heavy atom. The zero-order valence-electron chi connectivity index (χ0n) is 28.4. The van der Waals surface area contributed by atoms with E-state index in [2.05, 4.69) is 0 Å². The molecule has 278 valence electrons. The van der Waals surface area contributed by atoms with Gasteiger partial charge in [0.1, 0.15) is 5.54 Å². The van der Waals surface area contributed by atoms with E-state index in [9.17, 15) is 28.8 Å². The minimum Gasteiger partial charge on any atom is -0.481 e. The van der Waals surface area contributed by atoms with Gasteiger partial charge in [-0.05, 0) is 80.7 Å². The summed E-state index contributed by atoms with van der Waals surface area (Å²) < 4.78 is 0. The molecule has 4 rings (SSSR count). The SMILES string of the molecule is CN(C(=O)c1ccccc1CCCCc1ccc(Cl)c(Cl)c1)N1CCC(C(N)=O)(N2CCCCC2=O)CC1.O=C(O)CC(O)(CC(=O)O)C(=O)O. The standard InChI is InChI=1S/C29H36Cl2N4O3.C6H8O7/c1-33(34-18-15-29(16-19-34,28(32)38)35-17-7-6-12-26(35)36)27(37)23-11-5-4-10-22(23)9-3-2-8-21-13-14-24(30)25(31)20-21;7-3(8)1-6(13,5(11)12)2-4(9)10/h4-5,10-11,13-14,20H,2-3,6-9,12,15-19H2,1H3,(H2,32,38);13H,1-2H2,(H,7,8)(H,9,10)(H,11,12). The van der Waals surface area contributed by atoms with Gasteiger partial charge in [-0.2, -0.15) is 0 Å². The zero-order valence-corrected chi connectivity index (χ0v) is 29.9. The molecule has 0 bridgehead atoms. The van der Waals surface area contributed by atoms with Gasteiger partial charge < -0.3 is 31.1 Å². The van der Waals surface area contributed by atoms with Gasteiger partial charge in [0.05, 0.1) is 22.9 Å². The Morgan fingerprint density at radius 3 is 2.04 bits per heavy atom. The van der Waals surface area contributed by atoms with Crippen molar-refractivity contribution in [2.24, 2.45) is 5.73 Å². The summed E-state index contributed by atoms with van der Waals surface area (Å²) in [5, 5.41) is 38.5. The number of carboxylic acid groups (broad SMARTS) is 3. The molecule has 2 fully saturated rings. The van der Waals surface area contributed by atoms with Crippen LogP contribution in [0, 0.1) is 0 Å². The van der Waals surface area contributed by atoms with Gasteiger partial charge in [0, 0.05) is 38.7 Å². The molecule has 2 aliphatic heterocycles. The fourth-order valence-electron chi connectivity index (χ4n) is 6.38. The Labute approximate surface area is 305 Å². The van der Waals surface area contributed by atoms with Crippen LogP contribution in [0.3, 0.4) is 0 Å². The molecule has 3 amide bonds. The van der Waals surface area contributed by atoms with Gasteiger partial charge in [0.25, 0.3) is 5.91 Å². The normalized spacial score (nSPS) is 16.1. The Hall–Kier alpha value is -4.24. The predicted octanol–water partition coefficient (Wildman–Crippen LogP) is 3.63. The summed E-state index contributed by atoms with van der Waals surface area (Å²) in [7, 11) is 1.77. The predicted molar refractivity (Wildman–Crippen MR) is 187 cm³/mol. The lowest BCUT2D eigenvalue weighted by atomic mass is 9.83.